The Morgan fingerprint density at radius 1 is 0.905 bits per heavy atom. The van der Waals surface area contributed by atoms with Gasteiger partial charge in [0.15, 0.2) is 11.6 Å². The first-order valence-corrected chi connectivity index (χ1v) is 5.43. The summed E-state index contributed by atoms with van der Waals surface area (Å²) in [7, 11) is 0. The molecule has 0 aliphatic rings. The molecule has 1 aromatic heterocycles. The predicted octanol–water partition coefficient (Wildman–Crippen LogP) is 3.84. The van der Waals surface area contributed by atoms with Crippen LogP contribution in [0.15, 0.2) is 24.4 Å². The second kappa shape index (κ2) is 5.15. The number of halogens is 6. The van der Waals surface area contributed by atoms with Crippen LogP contribution in [0.5, 0.6) is 0 Å². The minimum Gasteiger partial charge on any atom is -0.396 e. The highest BCUT2D eigenvalue weighted by atomic mass is 19.4. The van der Waals surface area contributed by atoms with Crippen molar-refractivity contribution >= 4 is 17.1 Å². The van der Waals surface area contributed by atoms with Crippen LogP contribution in [0.4, 0.5) is 43.4 Å². The van der Waals surface area contributed by atoms with Crippen LogP contribution in [-0.4, -0.2) is 4.98 Å². The van der Waals surface area contributed by atoms with E-state index in [-0.39, 0.29) is 17.4 Å². The van der Waals surface area contributed by atoms with Crippen molar-refractivity contribution in [2.75, 3.05) is 11.1 Å². The van der Waals surface area contributed by atoms with Crippen LogP contribution in [0.25, 0.3) is 0 Å². The number of nitrogens with one attached hydrogen (secondary N) is 1. The van der Waals surface area contributed by atoms with E-state index in [2.05, 4.69) is 10.3 Å². The van der Waals surface area contributed by atoms with E-state index in [1.807, 2.05) is 0 Å². The van der Waals surface area contributed by atoms with E-state index >= 15 is 0 Å². The molecule has 3 nitrogen and oxygen atoms in total. The summed E-state index contributed by atoms with van der Waals surface area (Å²) < 4.78 is 76.8. The molecule has 3 N–H and O–H groups in total. The number of nitrogen functional groups attached to an aromatic ring is 1. The number of hydrogen-bond acceptors (Lipinski definition) is 3. The summed E-state index contributed by atoms with van der Waals surface area (Å²) in [6.07, 6.45) is -4.00. The molecule has 0 unspecified atom stereocenters. The Labute approximate surface area is 114 Å². The molecule has 0 aliphatic heterocycles. The standard InChI is InChI=1S/C12H7F6N3/c13-5-1-7(15)9(2-6(5)14)21-10-3-11(12(16,17)18)20-4-8(10)19/h1-4H,19H2,(H,20,21). The second-order valence-corrected chi connectivity index (χ2v) is 4.03. The molecule has 0 amide bonds. The van der Waals surface area contributed by atoms with E-state index < -0.39 is 35.0 Å². The normalized spacial score (nSPS) is 11.5. The lowest BCUT2D eigenvalue weighted by Crippen LogP contribution is -2.10. The van der Waals surface area contributed by atoms with Gasteiger partial charge in [0.2, 0.25) is 0 Å². The molecule has 0 atom stereocenters. The first kappa shape index (κ1) is 14.9. The summed E-state index contributed by atoms with van der Waals surface area (Å²) in [6, 6.07) is 1.27. The number of benzene rings is 1. The highest BCUT2D eigenvalue weighted by Crippen LogP contribution is 2.33. The maximum absolute atomic E-state index is 13.4. The van der Waals surface area contributed by atoms with Crippen molar-refractivity contribution in [2.24, 2.45) is 0 Å². The minimum absolute atomic E-state index is 0.216. The summed E-state index contributed by atoms with van der Waals surface area (Å²) in [5.74, 6) is -3.96. The van der Waals surface area contributed by atoms with Crippen molar-refractivity contribution in [1.29, 1.82) is 0 Å². The predicted molar refractivity (Wildman–Crippen MR) is 63.3 cm³/mol. The van der Waals surface area contributed by atoms with Crippen molar-refractivity contribution in [3.63, 3.8) is 0 Å². The zero-order chi connectivity index (χ0) is 15.8. The van der Waals surface area contributed by atoms with Crippen LogP contribution in [0.1, 0.15) is 5.69 Å². The number of aromatic nitrogens is 1. The number of nitrogens with zero attached hydrogens (tertiary/aromatic N) is 1. The lowest BCUT2D eigenvalue weighted by molar-refractivity contribution is -0.141. The Morgan fingerprint density at radius 2 is 1.52 bits per heavy atom. The van der Waals surface area contributed by atoms with Crippen molar-refractivity contribution in [3.05, 3.63) is 47.5 Å². The van der Waals surface area contributed by atoms with Crippen LogP contribution < -0.4 is 11.1 Å². The van der Waals surface area contributed by atoms with Crippen molar-refractivity contribution in [3.8, 4) is 0 Å². The van der Waals surface area contributed by atoms with E-state index in [0.717, 1.165) is 6.20 Å². The third-order valence-corrected chi connectivity index (χ3v) is 2.50. The zero-order valence-corrected chi connectivity index (χ0v) is 10.1. The molecule has 0 saturated carbocycles. The van der Waals surface area contributed by atoms with Gasteiger partial charge < -0.3 is 11.1 Å². The lowest BCUT2D eigenvalue weighted by Gasteiger charge is -2.13. The molecule has 0 bridgehead atoms. The zero-order valence-electron chi connectivity index (χ0n) is 10.1. The SMILES string of the molecule is Nc1cnc(C(F)(F)F)cc1Nc1cc(F)c(F)cc1F. The first-order chi connectivity index (χ1) is 9.68. The number of anilines is 3. The monoisotopic (exact) mass is 307 g/mol. The molecule has 2 aromatic rings. The highest BCUT2D eigenvalue weighted by molar-refractivity contribution is 5.72. The topological polar surface area (TPSA) is 50.9 Å². The van der Waals surface area contributed by atoms with Gasteiger partial charge in [-0.15, -0.1) is 0 Å². The Morgan fingerprint density at radius 3 is 2.14 bits per heavy atom. The molecular formula is C12H7F6N3. The van der Waals surface area contributed by atoms with Crippen LogP contribution in [0.3, 0.4) is 0 Å². The highest BCUT2D eigenvalue weighted by Gasteiger charge is 2.33. The smallest absolute Gasteiger partial charge is 0.396 e. The van der Waals surface area contributed by atoms with Crippen molar-refractivity contribution in [1.82, 2.24) is 4.98 Å². The van der Waals surface area contributed by atoms with Gasteiger partial charge in [-0.3, -0.25) is 0 Å². The van der Waals surface area contributed by atoms with E-state index in [1.165, 1.54) is 0 Å². The number of alkyl halides is 3. The van der Waals surface area contributed by atoms with Crippen molar-refractivity contribution in [2.45, 2.75) is 6.18 Å². The van der Waals surface area contributed by atoms with Gasteiger partial charge >= 0.3 is 6.18 Å². The molecule has 21 heavy (non-hydrogen) atoms. The largest absolute Gasteiger partial charge is 0.433 e. The summed E-state index contributed by atoms with van der Waals surface area (Å²) in [6.45, 7) is 0. The molecule has 9 heteroatoms. The van der Waals surface area contributed by atoms with Gasteiger partial charge in [0.05, 0.1) is 23.3 Å². The van der Waals surface area contributed by atoms with Crippen molar-refractivity contribution < 1.29 is 26.3 Å². The molecule has 0 fully saturated rings. The molecule has 1 heterocycles. The van der Waals surface area contributed by atoms with Gasteiger partial charge in [-0.2, -0.15) is 13.2 Å². The number of hydrogen-bond donors (Lipinski definition) is 2. The van der Waals surface area contributed by atoms with E-state index in [9.17, 15) is 26.3 Å². The fourth-order valence-corrected chi connectivity index (χ4v) is 1.49. The molecular weight excluding hydrogens is 300 g/mol. The Bertz CT molecular complexity index is 683. The van der Waals surface area contributed by atoms with Gasteiger partial charge in [0.1, 0.15) is 11.5 Å². The molecule has 0 spiro atoms. The van der Waals surface area contributed by atoms with Gasteiger partial charge in [-0.1, -0.05) is 0 Å². The fourth-order valence-electron chi connectivity index (χ4n) is 1.49. The second-order valence-electron chi connectivity index (χ2n) is 4.03. The third-order valence-electron chi connectivity index (χ3n) is 2.50. The summed E-state index contributed by atoms with van der Waals surface area (Å²) in [4.78, 5) is 3.09. The minimum atomic E-state index is -4.73. The van der Waals surface area contributed by atoms with Gasteiger partial charge in [0.25, 0.3) is 0 Å². The lowest BCUT2D eigenvalue weighted by atomic mass is 10.2. The Hall–Kier alpha value is -2.45. The number of pyridine rings is 1. The van der Waals surface area contributed by atoms with Gasteiger partial charge in [-0.05, 0) is 6.07 Å². The van der Waals surface area contributed by atoms with E-state index in [0.29, 0.717) is 12.1 Å². The maximum atomic E-state index is 13.4. The summed E-state index contributed by atoms with van der Waals surface area (Å²) in [5.41, 5.74) is 3.05. The van der Waals surface area contributed by atoms with Crippen LogP contribution >= 0.6 is 0 Å². The average molecular weight is 307 g/mol. The molecule has 0 aliphatic carbocycles. The summed E-state index contributed by atoms with van der Waals surface area (Å²) >= 11 is 0. The van der Waals surface area contributed by atoms with Crippen LogP contribution in [0.2, 0.25) is 0 Å². The maximum Gasteiger partial charge on any atom is 0.433 e. The summed E-state index contributed by atoms with van der Waals surface area (Å²) in [5, 5.41) is 2.17. The van der Waals surface area contributed by atoms with Gasteiger partial charge in [-0.25, -0.2) is 18.2 Å². The number of rotatable bonds is 2. The average Bonchev–Trinajstić information content (AvgIpc) is 2.37. The first-order valence-electron chi connectivity index (χ1n) is 5.43. The quantitative estimate of drug-likeness (QED) is 0.654. The van der Waals surface area contributed by atoms with Crippen LogP contribution in [0, 0.1) is 17.5 Å². The molecule has 0 saturated heterocycles. The molecule has 112 valence electrons. The fraction of sp³-hybridized carbons (Fsp3) is 0.0833. The van der Waals surface area contributed by atoms with Gasteiger partial charge in [0, 0.05) is 12.1 Å². The molecule has 1 aromatic carbocycles. The van der Waals surface area contributed by atoms with Crippen LogP contribution in [-0.2, 0) is 6.18 Å². The number of nitrogens with two attached hydrogens (primary N) is 1. The third kappa shape index (κ3) is 3.18. The molecule has 2 rings (SSSR count). The van der Waals surface area contributed by atoms with E-state index in [1.54, 1.807) is 0 Å². The van der Waals surface area contributed by atoms with E-state index in [4.69, 9.17) is 5.73 Å². The Kier molecular flexibility index (Phi) is 3.67. The molecule has 0 radical (unpaired) electrons. The Balaban J connectivity index is 2.42.